The Balaban J connectivity index is 2.16. The fourth-order valence-electron chi connectivity index (χ4n) is 1.76. The zero-order valence-electron chi connectivity index (χ0n) is 12.3. The number of oxazole rings is 1. The van der Waals surface area contributed by atoms with E-state index in [2.05, 4.69) is 16.8 Å². The molecule has 1 N–H and O–H groups in total. The Bertz CT molecular complexity index is 663. The van der Waals surface area contributed by atoms with Crippen molar-refractivity contribution in [2.45, 2.75) is 24.8 Å². The van der Waals surface area contributed by atoms with Crippen molar-refractivity contribution >= 4 is 11.8 Å². The van der Waals surface area contributed by atoms with Crippen LogP contribution in [0.4, 0.5) is 0 Å². The van der Waals surface area contributed by atoms with Crippen LogP contribution in [-0.2, 0) is 5.75 Å². The largest absolute Gasteiger partial charge is 0.496 e. The minimum atomic E-state index is -0.148. The summed E-state index contributed by atoms with van der Waals surface area (Å²) in [4.78, 5) is 4.35. The lowest BCUT2D eigenvalue weighted by Crippen LogP contribution is -1.92. The second kappa shape index (κ2) is 7.21. The van der Waals surface area contributed by atoms with Crippen molar-refractivity contribution in [3.8, 4) is 17.6 Å². The fraction of sp³-hybridized carbons (Fsp3) is 0.312. The van der Waals surface area contributed by atoms with Crippen LogP contribution in [0.25, 0.3) is 0 Å². The third-order valence-electron chi connectivity index (χ3n) is 2.95. The number of aliphatic hydroxyl groups excluding tert-OH is 1. The molecule has 4 nitrogen and oxygen atoms in total. The number of hydrogen-bond donors (Lipinski definition) is 1. The highest BCUT2D eigenvalue weighted by molar-refractivity contribution is 7.98. The van der Waals surface area contributed by atoms with Gasteiger partial charge in [-0.1, -0.05) is 23.6 Å². The van der Waals surface area contributed by atoms with E-state index in [1.54, 1.807) is 7.11 Å². The van der Waals surface area contributed by atoms with Crippen molar-refractivity contribution < 1.29 is 14.3 Å². The van der Waals surface area contributed by atoms with E-state index in [-0.39, 0.29) is 6.61 Å². The van der Waals surface area contributed by atoms with Crippen molar-refractivity contribution in [1.29, 1.82) is 0 Å². The highest BCUT2D eigenvalue weighted by Gasteiger charge is 2.09. The maximum absolute atomic E-state index is 8.75. The van der Waals surface area contributed by atoms with E-state index >= 15 is 0 Å². The SMILES string of the molecule is COc1ccc(C#CCO)cc1CSc1nc(C)c(C)o1. The highest BCUT2D eigenvalue weighted by atomic mass is 32.2. The Labute approximate surface area is 128 Å². The maximum atomic E-state index is 8.75. The van der Waals surface area contributed by atoms with E-state index in [4.69, 9.17) is 14.3 Å². The van der Waals surface area contributed by atoms with Gasteiger partial charge >= 0.3 is 0 Å². The van der Waals surface area contributed by atoms with Gasteiger partial charge in [-0.25, -0.2) is 4.98 Å². The maximum Gasteiger partial charge on any atom is 0.256 e. The first-order valence-electron chi connectivity index (χ1n) is 6.47. The lowest BCUT2D eigenvalue weighted by Gasteiger charge is -2.07. The van der Waals surface area contributed by atoms with Crippen LogP contribution in [-0.4, -0.2) is 23.8 Å². The predicted octanol–water partition coefficient (Wildman–Crippen LogP) is 2.94. The summed E-state index contributed by atoms with van der Waals surface area (Å²) in [7, 11) is 1.64. The number of aryl methyl sites for hydroxylation is 2. The topological polar surface area (TPSA) is 55.5 Å². The number of aliphatic hydroxyl groups is 1. The van der Waals surface area contributed by atoms with Crippen molar-refractivity contribution in [2.24, 2.45) is 0 Å². The van der Waals surface area contributed by atoms with Crippen molar-refractivity contribution in [1.82, 2.24) is 4.98 Å². The van der Waals surface area contributed by atoms with Crippen LogP contribution in [0.5, 0.6) is 5.75 Å². The summed E-state index contributed by atoms with van der Waals surface area (Å²) in [5.74, 6) is 7.85. The zero-order chi connectivity index (χ0) is 15.2. The normalized spacial score (nSPS) is 10.1. The first-order valence-corrected chi connectivity index (χ1v) is 7.46. The van der Waals surface area contributed by atoms with E-state index < -0.39 is 0 Å². The molecule has 0 atom stereocenters. The molecule has 0 unspecified atom stereocenters. The van der Waals surface area contributed by atoms with Gasteiger partial charge in [0, 0.05) is 16.9 Å². The summed E-state index contributed by atoms with van der Waals surface area (Å²) in [6.45, 7) is 3.68. The van der Waals surface area contributed by atoms with E-state index in [1.807, 2.05) is 32.0 Å². The minimum Gasteiger partial charge on any atom is -0.496 e. The summed E-state index contributed by atoms with van der Waals surface area (Å²) in [6.07, 6.45) is 0. The number of ether oxygens (including phenoxy) is 1. The van der Waals surface area contributed by atoms with Crippen molar-refractivity contribution in [3.63, 3.8) is 0 Å². The molecule has 0 aliphatic heterocycles. The molecule has 2 rings (SSSR count). The molecule has 0 saturated carbocycles. The first kappa shape index (κ1) is 15.5. The van der Waals surface area contributed by atoms with Gasteiger partial charge in [0.2, 0.25) is 0 Å². The Kier molecular flexibility index (Phi) is 5.32. The number of rotatable bonds is 4. The summed E-state index contributed by atoms with van der Waals surface area (Å²) in [5, 5.41) is 9.41. The van der Waals surface area contributed by atoms with Gasteiger partial charge in [-0.2, -0.15) is 0 Å². The van der Waals surface area contributed by atoms with E-state index in [0.29, 0.717) is 11.0 Å². The number of thioether (sulfide) groups is 1. The Morgan fingerprint density at radius 2 is 2.19 bits per heavy atom. The van der Waals surface area contributed by atoms with Crippen LogP contribution in [0.3, 0.4) is 0 Å². The van der Waals surface area contributed by atoms with Crippen LogP contribution in [0.15, 0.2) is 27.8 Å². The molecule has 0 aliphatic carbocycles. The predicted molar refractivity (Wildman–Crippen MR) is 82.5 cm³/mol. The lowest BCUT2D eigenvalue weighted by molar-refractivity contribution is 0.350. The average Bonchev–Trinajstić information content (AvgIpc) is 2.81. The zero-order valence-corrected chi connectivity index (χ0v) is 13.1. The van der Waals surface area contributed by atoms with E-state index in [9.17, 15) is 0 Å². The average molecular weight is 303 g/mol. The second-order valence-corrected chi connectivity index (χ2v) is 5.32. The van der Waals surface area contributed by atoms with Crippen LogP contribution >= 0.6 is 11.8 Å². The number of methoxy groups -OCH3 is 1. The molecule has 1 aromatic heterocycles. The molecule has 5 heteroatoms. The van der Waals surface area contributed by atoms with Gasteiger partial charge in [-0.3, -0.25) is 0 Å². The minimum absolute atomic E-state index is 0.148. The van der Waals surface area contributed by atoms with Gasteiger partial charge in [0.25, 0.3) is 5.22 Å². The Morgan fingerprint density at radius 1 is 1.38 bits per heavy atom. The summed E-state index contributed by atoms with van der Waals surface area (Å²) < 4.78 is 10.9. The molecule has 1 aromatic carbocycles. The van der Waals surface area contributed by atoms with Gasteiger partial charge in [-0.15, -0.1) is 0 Å². The molecule has 0 amide bonds. The van der Waals surface area contributed by atoms with Crippen LogP contribution in [0, 0.1) is 25.7 Å². The first-order chi connectivity index (χ1) is 10.1. The molecule has 0 saturated heterocycles. The number of nitrogens with zero attached hydrogens (tertiary/aromatic N) is 1. The van der Waals surface area contributed by atoms with E-state index in [0.717, 1.165) is 28.3 Å². The molecule has 0 aliphatic rings. The molecule has 0 spiro atoms. The highest BCUT2D eigenvalue weighted by Crippen LogP contribution is 2.29. The summed E-state index contributed by atoms with van der Waals surface area (Å²) in [5.41, 5.74) is 2.77. The molecule has 2 aromatic rings. The quantitative estimate of drug-likeness (QED) is 0.695. The number of aromatic nitrogens is 1. The standard InChI is InChI=1S/C16H17NO3S/c1-11-12(2)20-16(17-11)21-10-14-9-13(5-4-8-18)6-7-15(14)19-3/h6-7,9,18H,8,10H2,1-3H3. The van der Waals surface area contributed by atoms with Gasteiger partial charge in [0.05, 0.1) is 12.8 Å². The van der Waals surface area contributed by atoms with Crippen LogP contribution < -0.4 is 4.74 Å². The lowest BCUT2D eigenvalue weighted by atomic mass is 10.1. The number of hydrogen-bond acceptors (Lipinski definition) is 5. The molecule has 1 heterocycles. The van der Waals surface area contributed by atoms with Crippen LogP contribution in [0.1, 0.15) is 22.6 Å². The monoisotopic (exact) mass is 303 g/mol. The molecule has 110 valence electrons. The third-order valence-corrected chi connectivity index (χ3v) is 3.83. The summed E-state index contributed by atoms with van der Waals surface area (Å²) >= 11 is 1.52. The third kappa shape index (κ3) is 4.03. The Hall–Kier alpha value is -1.90. The van der Waals surface area contributed by atoms with Gasteiger partial charge in [0.15, 0.2) is 0 Å². The molecular weight excluding hydrogens is 286 g/mol. The molecule has 21 heavy (non-hydrogen) atoms. The smallest absolute Gasteiger partial charge is 0.256 e. The van der Waals surface area contributed by atoms with Gasteiger partial charge in [0.1, 0.15) is 18.1 Å². The van der Waals surface area contributed by atoms with Crippen molar-refractivity contribution in [3.05, 3.63) is 40.8 Å². The number of benzene rings is 1. The Morgan fingerprint density at radius 3 is 2.81 bits per heavy atom. The molecule has 0 bridgehead atoms. The fourth-order valence-corrected chi connectivity index (χ4v) is 2.65. The van der Waals surface area contributed by atoms with Crippen LogP contribution in [0.2, 0.25) is 0 Å². The van der Waals surface area contributed by atoms with E-state index in [1.165, 1.54) is 11.8 Å². The second-order valence-electron chi connectivity index (χ2n) is 4.40. The van der Waals surface area contributed by atoms with Crippen molar-refractivity contribution in [2.75, 3.05) is 13.7 Å². The van der Waals surface area contributed by atoms with Gasteiger partial charge < -0.3 is 14.3 Å². The summed E-state index contributed by atoms with van der Waals surface area (Å²) in [6, 6.07) is 5.70. The molecule has 0 fully saturated rings. The van der Waals surface area contributed by atoms with Gasteiger partial charge in [-0.05, 0) is 32.0 Å². The molecular formula is C16H17NO3S. The molecule has 0 radical (unpaired) electrons.